The summed E-state index contributed by atoms with van der Waals surface area (Å²) in [4.78, 5) is 4.61. The molecule has 1 saturated heterocycles. The molecule has 2 N–H and O–H groups in total. The maximum absolute atomic E-state index is 12.6. The predicted octanol–water partition coefficient (Wildman–Crippen LogP) is 2.67. The Hall–Kier alpha value is -0.870. The van der Waals surface area contributed by atoms with Gasteiger partial charge in [-0.3, -0.25) is 4.99 Å². The molecule has 0 saturated carbocycles. The van der Waals surface area contributed by atoms with Gasteiger partial charge in [-0.05, 0) is 37.3 Å². The van der Waals surface area contributed by atoms with Crippen molar-refractivity contribution in [3.8, 4) is 0 Å². The highest BCUT2D eigenvalue weighted by Crippen LogP contribution is 2.23. The molecular weight excluding hydrogens is 463 g/mol. The van der Waals surface area contributed by atoms with Crippen LogP contribution in [0.25, 0.3) is 0 Å². The van der Waals surface area contributed by atoms with E-state index in [0.29, 0.717) is 23.9 Å². The van der Waals surface area contributed by atoms with Gasteiger partial charge in [-0.1, -0.05) is 31.5 Å². The highest BCUT2D eigenvalue weighted by atomic mass is 127. The number of hydrogen-bond acceptors (Lipinski definition) is 3. The van der Waals surface area contributed by atoms with E-state index in [1.54, 1.807) is 35.6 Å². The van der Waals surface area contributed by atoms with Gasteiger partial charge in [0.2, 0.25) is 10.0 Å². The lowest BCUT2D eigenvalue weighted by Crippen LogP contribution is -2.44. The summed E-state index contributed by atoms with van der Waals surface area (Å²) in [6.45, 7) is 5.06. The van der Waals surface area contributed by atoms with Crippen LogP contribution in [-0.2, 0) is 10.0 Å². The fourth-order valence-electron chi connectivity index (χ4n) is 2.94. The van der Waals surface area contributed by atoms with Crippen LogP contribution in [0.2, 0.25) is 0 Å². The zero-order valence-electron chi connectivity index (χ0n) is 15.6. The molecule has 0 unspecified atom stereocenters. The summed E-state index contributed by atoms with van der Waals surface area (Å²) in [5.41, 5.74) is 0. The third-order valence-corrected chi connectivity index (χ3v) is 6.47. The Kier molecular flexibility index (Phi) is 10.5. The summed E-state index contributed by atoms with van der Waals surface area (Å²) in [6.07, 6.45) is 4.00. The van der Waals surface area contributed by atoms with Crippen LogP contribution in [-0.4, -0.2) is 51.9 Å². The van der Waals surface area contributed by atoms with Crippen LogP contribution < -0.4 is 10.6 Å². The van der Waals surface area contributed by atoms with E-state index in [9.17, 15) is 8.42 Å². The van der Waals surface area contributed by atoms with Crippen LogP contribution >= 0.6 is 24.0 Å². The summed E-state index contributed by atoms with van der Waals surface area (Å²) in [5.74, 6) is 1.29. The molecule has 1 heterocycles. The van der Waals surface area contributed by atoms with Crippen LogP contribution in [0.15, 0.2) is 40.2 Å². The lowest BCUT2D eigenvalue weighted by Gasteiger charge is -2.31. The minimum absolute atomic E-state index is 0. The minimum atomic E-state index is -3.36. The number of nitrogens with one attached hydrogen (secondary N) is 2. The molecule has 1 aliphatic rings. The number of aliphatic imine (C=N–C) groups is 1. The van der Waals surface area contributed by atoms with Gasteiger partial charge in [0.15, 0.2) is 5.96 Å². The fourth-order valence-corrected chi connectivity index (χ4v) is 4.43. The van der Waals surface area contributed by atoms with Crippen molar-refractivity contribution in [1.82, 2.24) is 14.9 Å². The number of sulfonamides is 1. The summed E-state index contributed by atoms with van der Waals surface area (Å²) < 4.78 is 26.9. The lowest BCUT2D eigenvalue weighted by molar-refractivity contribution is 0.273. The highest BCUT2D eigenvalue weighted by Gasteiger charge is 2.29. The molecule has 0 atom stereocenters. The molecule has 0 aromatic heterocycles. The molecule has 0 spiro atoms. The number of rotatable bonds is 7. The smallest absolute Gasteiger partial charge is 0.243 e. The van der Waals surface area contributed by atoms with Gasteiger partial charge in [0.1, 0.15) is 0 Å². The molecule has 1 aliphatic heterocycles. The second-order valence-electron chi connectivity index (χ2n) is 6.39. The third-order valence-electron chi connectivity index (χ3n) is 4.56. The normalized spacial score (nSPS) is 16.8. The lowest BCUT2D eigenvalue weighted by atomic mass is 9.98. The standard InChI is InChI=1S/C18H30N4O2S.HI/c1-3-4-12-20-18(19-2)21-15-16-10-13-22(14-11-16)25(23,24)17-8-6-5-7-9-17;/h5-9,16H,3-4,10-15H2,1-2H3,(H2,19,20,21);1H. The second-order valence-corrected chi connectivity index (χ2v) is 8.33. The van der Waals surface area contributed by atoms with E-state index in [-0.39, 0.29) is 24.0 Å². The second kappa shape index (κ2) is 11.8. The van der Waals surface area contributed by atoms with E-state index in [1.807, 2.05) is 6.07 Å². The summed E-state index contributed by atoms with van der Waals surface area (Å²) >= 11 is 0. The number of halogens is 1. The Morgan fingerprint density at radius 2 is 1.85 bits per heavy atom. The van der Waals surface area contributed by atoms with Crippen LogP contribution in [0.5, 0.6) is 0 Å². The number of unbranched alkanes of at least 4 members (excludes halogenated alkanes) is 1. The van der Waals surface area contributed by atoms with Gasteiger partial charge in [0.25, 0.3) is 0 Å². The number of piperidine rings is 1. The highest BCUT2D eigenvalue weighted by molar-refractivity contribution is 14.0. The van der Waals surface area contributed by atoms with Crippen molar-refractivity contribution >= 4 is 40.0 Å². The van der Waals surface area contributed by atoms with Gasteiger partial charge in [-0.2, -0.15) is 4.31 Å². The van der Waals surface area contributed by atoms with Crippen LogP contribution in [0.4, 0.5) is 0 Å². The van der Waals surface area contributed by atoms with Gasteiger partial charge >= 0.3 is 0 Å². The van der Waals surface area contributed by atoms with E-state index < -0.39 is 10.0 Å². The number of guanidine groups is 1. The van der Waals surface area contributed by atoms with Gasteiger partial charge in [-0.25, -0.2) is 8.42 Å². The molecule has 1 aromatic rings. The maximum atomic E-state index is 12.6. The number of benzene rings is 1. The average molecular weight is 494 g/mol. The Bertz CT molecular complexity index is 644. The van der Waals surface area contributed by atoms with Gasteiger partial charge in [-0.15, -0.1) is 24.0 Å². The Labute approximate surface area is 174 Å². The molecule has 1 fully saturated rings. The largest absolute Gasteiger partial charge is 0.356 e. The first-order chi connectivity index (χ1) is 12.1. The molecular formula is C18H31IN4O2S. The minimum Gasteiger partial charge on any atom is -0.356 e. The summed E-state index contributed by atoms with van der Waals surface area (Å²) in [5, 5.41) is 6.65. The predicted molar refractivity (Wildman–Crippen MR) is 118 cm³/mol. The summed E-state index contributed by atoms with van der Waals surface area (Å²) in [7, 11) is -1.59. The first-order valence-corrected chi connectivity index (χ1v) is 10.5. The molecule has 1 aromatic carbocycles. The van der Waals surface area contributed by atoms with Crippen molar-refractivity contribution in [1.29, 1.82) is 0 Å². The summed E-state index contributed by atoms with van der Waals surface area (Å²) in [6, 6.07) is 8.68. The van der Waals surface area contributed by atoms with Crippen molar-refractivity contribution in [3.63, 3.8) is 0 Å². The number of nitrogens with zero attached hydrogens (tertiary/aromatic N) is 2. The monoisotopic (exact) mass is 494 g/mol. The van der Waals surface area contributed by atoms with Crippen molar-refractivity contribution in [2.24, 2.45) is 10.9 Å². The van der Waals surface area contributed by atoms with Gasteiger partial charge in [0, 0.05) is 33.2 Å². The molecule has 0 aliphatic carbocycles. The fraction of sp³-hybridized carbons (Fsp3) is 0.611. The van der Waals surface area contributed by atoms with E-state index in [4.69, 9.17) is 0 Å². The Morgan fingerprint density at radius 1 is 1.19 bits per heavy atom. The van der Waals surface area contributed by atoms with E-state index >= 15 is 0 Å². The Balaban J connectivity index is 0.00000338. The molecule has 2 rings (SSSR count). The molecule has 0 radical (unpaired) electrons. The molecule has 8 heteroatoms. The molecule has 148 valence electrons. The van der Waals surface area contributed by atoms with Crippen molar-refractivity contribution in [3.05, 3.63) is 30.3 Å². The molecule has 6 nitrogen and oxygen atoms in total. The van der Waals surface area contributed by atoms with Crippen molar-refractivity contribution in [2.45, 2.75) is 37.5 Å². The topological polar surface area (TPSA) is 73.8 Å². The van der Waals surface area contributed by atoms with Crippen LogP contribution in [0.3, 0.4) is 0 Å². The van der Waals surface area contributed by atoms with E-state index in [1.165, 1.54) is 0 Å². The third kappa shape index (κ3) is 6.70. The average Bonchev–Trinajstić information content (AvgIpc) is 2.65. The number of hydrogen-bond donors (Lipinski definition) is 2. The molecule has 0 amide bonds. The van der Waals surface area contributed by atoms with Crippen molar-refractivity contribution < 1.29 is 8.42 Å². The van der Waals surface area contributed by atoms with Crippen molar-refractivity contribution in [2.75, 3.05) is 33.2 Å². The van der Waals surface area contributed by atoms with Gasteiger partial charge < -0.3 is 10.6 Å². The first kappa shape index (κ1) is 23.2. The first-order valence-electron chi connectivity index (χ1n) is 9.07. The SMILES string of the molecule is CCCCNC(=NC)NCC1CCN(S(=O)(=O)c2ccccc2)CC1.I. The van der Waals surface area contributed by atoms with Gasteiger partial charge in [0.05, 0.1) is 4.90 Å². The molecule has 26 heavy (non-hydrogen) atoms. The quantitative estimate of drug-likeness (QED) is 0.265. The van der Waals surface area contributed by atoms with Crippen LogP contribution in [0.1, 0.15) is 32.6 Å². The van der Waals surface area contributed by atoms with E-state index in [2.05, 4.69) is 22.5 Å². The molecule has 0 bridgehead atoms. The maximum Gasteiger partial charge on any atom is 0.243 e. The van der Waals surface area contributed by atoms with E-state index in [0.717, 1.165) is 44.7 Å². The Morgan fingerprint density at radius 3 is 2.42 bits per heavy atom. The zero-order valence-corrected chi connectivity index (χ0v) is 18.8. The van der Waals surface area contributed by atoms with Crippen LogP contribution in [0, 0.1) is 5.92 Å². The zero-order chi connectivity index (χ0) is 18.1.